The SMILES string of the molecule is CC(=N/N=C1\NC(=O)C(CC(=O)Nc2cccc(C)c2C)S1)c1ccco1. The molecule has 2 aromatic rings. The summed E-state index contributed by atoms with van der Waals surface area (Å²) in [5, 5.41) is 13.5. The Kier molecular flexibility index (Phi) is 5.75. The number of hydrogen-bond donors (Lipinski definition) is 2. The molecule has 3 rings (SSSR count). The maximum Gasteiger partial charge on any atom is 0.240 e. The van der Waals surface area contributed by atoms with E-state index in [0.717, 1.165) is 16.8 Å². The highest BCUT2D eigenvalue weighted by molar-refractivity contribution is 8.15. The molecule has 8 heteroatoms. The summed E-state index contributed by atoms with van der Waals surface area (Å²) >= 11 is 1.20. The average Bonchev–Trinajstić information content (AvgIpc) is 3.27. The fourth-order valence-electron chi connectivity index (χ4n) is 2.50. The number of hydrogen-bond acceptors (Lipinski definition) is 6. The number of rotatable bonds is 5. The van der Waals surface area contributed by atoms with Gasteiger partial charge in [-0.15, -0.1) is 10.2 Å². The van der Waals surface area contributed by atoms with Crippen LogP contribution in [0.4, 0.5) is 5.69 Å². The predicted octanol–water partition coefficient (Wildman–Crippen LogP) is 3.24. The van der Waals surface area contributed by atoms with Crippen LogP contribution in [0.5, 0.6) is 0 Å². The number of amides is 2. The van der Waals surface area contributed by atoms with E-state index >= 15 is 0 Å². The van der Waals surface area contributed by atoms with Crippen molar-refractivity contribution >= 4 is 40.1 Å². The van der Waals surface area contributed by atoms with Crippen molar-refractivity contribution in [3.05, 3.63) is 53.5 Å². The zero-order chi connectivity index (χ0) is 19.4. The first-order valence-electron chi connectivity index (χ1n) is 8.43. The monoisotopic (exact) mass is 384 g/mol. The van der Waals surface area contributed by atoms with Crippen molar-refractivity contribution in [3.8, 4) is 0 Å². The quantitative estimate of drug-likeness (QED) is 0.611. The van der Waals surface area contributed by atoms with Crippen LogP contribution in [0, 0.1) is 13.8 Å². The lowest BCUT2D eigenvalue weighted by Crippen LogP contribution is -2.28. The molecule has 1 fully saturated rings. The van der Waals surface area contributed by atoms with Crippen LogP contribution in [-0.2, 0) is 9.59 Å². The van der Waals surface area contributed by atoms with Gasteiger partial charge in [-0.3, -0.25) is 9.59 Å². The lowest BCUT2D eigenvalue weighted by molar-refractivity contribution is -0.122. The molecule has 1 atom stereocenters. The summed E-state index contributed by atoms with van der Waals surface area (Å²) in [5.41, 5.74) is 3.47. The predicted molar refractivity (Wildman–Crippen MR) is 107 cm³/mol. The van der Waals surface area contributed by atoms with Gasteiger partial charge in [0.15, 0.2) is 5.17 Å². The number of aryl methyl sites for hydroxylation is 1. The van der Waals surface area contributed by atoms with E-state index in [0.29, 0.717) is 16.6 Å². The highest BCUT2D eigenvalue weighted by Gasteiger charge is 2.32. The molecule has 0 radical (unpaired) electrons. The van der Waals surface area contributed by atoms with E-state index in [1.165, 1.54) is 11.8 Å². The number of nitrogens with one attached hydrogen (secondary N) is 2. The Labute approximate surface area is 161 Å². The van der Waals surface area contributed by atoms with Crippen LogP contribution < -0.4 is 10.6 Å². The normalized spacial score (nSPS) is 18.6. The number of benzene rings is 1. The highest BCUT2D eigenvalue weighted by Crippen LogP contribution is 2.24. The van der Waals surface area contributed by atoms with Gasteiger partial charge < -0.3 is 15.1 Å². The maximum atomic E-state index is 12.3. The van der Waals surface area contributed by atoms with Gasteiger partial charge in [0.2, 0.25) is 11.8 Å². The van der Waals surface area contributed by atoms with Gasteiger partial charge in [-0.25, -0.2) is 0 Å². The molecule has 0 bridgehead atoms. The Bertz CT molecular complexity index is 919. The summed E-state index contributed by atoms with van der Waals surface area (Å²) in [5.74, 6) is 0.145. The zero-order valence-electron chi connectivity index (χ0n) is 15.3. The molecule has 0 saturated carbocycles. The van der Waals surface area contributed by atoms with Crippen molar-refractivity contribution in [3.63, 3.8) is 0 Å². The molecule has 1 aliphatic rings. The standard InChI is InChI=1S/C19H20N4O3S/c1-11-6-4-7-14(12(11)2)20-17(24)10-16-18(25)21-19(27-16)23-22-13(3)15-8-5-9-26-15/h4-9,16H,10H2,1-3H3,(H,20,24)(H,21,23,25). The van der Waals surface area contributed by atoms with E-state index in [4.69, 9.17) is 4.42 Å². The van der Waals surface area contributed by atoms with Crippen LogP contribution in [-0.4, -0.2) is 27.9 Å². The van der Waals surface area contributed by atoms with Crippen molar-refractivity contribution < 1.29 is 14.0 Å². The molecular formula is C19H20N4O3S. The highest BCUT2D eigenvalue weighted by atomic mass is 32.2. The van der Waals surface area contributed by atoms with E-state index in [2.05, 4.69) is 20.8 Å². The molecule has 1 aromatic heterocycles. The first-order chi connectivity index (χ1) is 12.9. The van der Waals surface area contributed by atoms with Crippen molar-refractivity contribution in [1.82, 2.24) is 5.32 Å². The third kappa shape index (κ3) is 4.65. The van der Waals surface area contributed by atoms with Gasteiger partial charge in [0.05, 0.1) is 6.26 Å². The van der Waals surface area contributed by atoms with Gasteiger partial charge in [-0.05, 0) is 50.1 Å². The Morgan fingerprint density at radius 2 is 2.11 bits per heavy atom. The van der Waals surface area contributed by atoms with Gasteiger partial charge in [0, 0.05) is 12.1 Å². The fourth-order valence-corrected chi connectivity index (χ4v) is 3.41. The minimum atomic E-state index is -0.534. The van der Waals surface area contributed by atoms with Gasteiger partial charge >= 0.3 is 0 Å². The van der Waals surface area contributed by atoms with Crippen LogP contribution in [0.15, 0.2) is 51.2 Å². The molecule has 27 heavy (non-hydrogen) atoms. The van der Waals surface area contributed by atoms with E-state index in [-0.39, 0.29) is 18.2 Å². The molecular weight excluding hydrogens is 364 g/mol. The Balaban J connectivity index is 1.60. The summed E-state index contributed by atoms with van der Waals surface area (Å²) in [6.07, 6.45) is 1.61. The molecule has 0 spiro atoms. The molecule has 1 aliphatic heterocycles. The summed E-state index contributed by atoms with van der Waals surface area (Å²) < 4.78 is 5.23. The lowest BCUT2D eigenvalue weighted by Gasteiger charge is -2.11. The van der Waals surface area contributed by atoms with Crippen molar-refractivity contribution in [2.75, 3.05) is 5.32 Å². The molecule has 1 saturated heterocycles. The van der Waals surface area contributed by atoms with E-state index < -0.39 is 5.25 Å². The number of carbonyl (C=O) groups excluding carboxylic acids is 2. The smallest absolute Gasteiger partial charge is 0.240 e. The largest absolute Gasteiger partial charge is 0.463 e. The zero-order valence-corrected chi connectivity index (χ0v) is 16.1. The number of anilines is 1. The Morgan fingerprint density at radius 3 is 2.85 bits per heavy atom. The number of carbonyl (C=O) groups is 2. The van der Waals surface area contributed by atoms with Crippen molar-refractivity contribution in [2.45, 2.75) is 32.4 Å². The third-order valence-corrected chi connectivity index (χ3v) is 5.27. The van der Waals surface area contributed by atoms with Gasteiger partial charge in [0.1, 0.15) is 16.7 Å². The van der Waals surface area contributed by atoms with E-state index in [9.17, 15) is 9.59 Å². The second kappa shape index (κ2) is 8.22. The maximum absolute atomic E-state index is 12.3. The van der Waals surface area contributed by atoms with E-state index in [1.54, 1.807) is 25.3 Å². The van der Waals surface area contributed by atoms with Gasteiger partial charge in [0.25, 0.3) is 0 Å². The summed E-state index contributed by atoms with van der Waals surface area (Å²) in [7, 11) is 0. The summed E-state index contributed by atoms with van der Waals surface area (Å²) in [6, 6.07) is 9.26. The fraction of sp³-hybridized carbons (Fsp3) is 0.263. The number of furan rings is 1. The molecule has 0 aliphatic carbocycles. The molecule has 140 valence electrons. The first kappa shape index (κ1) is 18.9. The van der Waals surface area contributed by atoms with Gasteiger partial charge in [-0.1, -0.05) is 23.9 Å². The molecule has 2 amide bonds. The molecule has 1 aromatic carbocycles. The van der Waals surface area contributed by atoms with Crippen LogP contribution in [0.25, 0.3) is 0 Å². The van der Waals surface area contributed by atoms with Crippen molar-refractivity contribution in [1.29, 1.82) is 0 Å². The second-order valence-corrected chi connectivity index (χ2v) is 7.35. The molecule has 2 heterocycles. The minimum Gasteiger partial charge on any atom is -0.463 e. The first-order valence-corrected chi connectivity index (χ1v) is 9.31. The number of nitrogens with zero attached hydrogens (tertiary/aromatic N) is 2. The molecule has 7 nitrogen and oxygen atoms in total. The number of thioether (sulfide) groups is 1. The topological polar surface area (TPSA) is 96.1 Å². The molecule has 1 unspecified atom stereocenters. The Morgan fingerprint density at radius 1 is 1.30 bits per heavy atom. The van der Waals surface area contributed by atoms with Crippen molar-refractivity contribution in [2.24, 2.45) is 10.2 Å². The minimum absolute atomic E-state index is 0.0593. The van der Waals surface area contributed by atoms with Crippen LogP contribution in [0.1, 0.15) is 30.2 Å². The summed E-state index contributed by atoms with van der Waals surface area (Å²) in [4.78, 5) is 24.4. The Hall–Kier alpha value is -2.87. The number of amidine groups is 1. The van der Waals surface area contributed by atoms with Crippen LogP contribution in [0.2, 0.25) is 0 Å². The summed E-state index contributed by atoms with van der Waals surface area (Å²) in [6.45, 7) is 5.70. The van der Waals surface area contributed by atoms with Crippen LogP contribution >= 0.6 is 11.8 Å². The van der Waals surface area contributed by atoms with E-state index in [1.807, 2.05) is 32.0 Å². The van der Waals surface area contributed by atoms with Gasteiger partial charge in [-0.2, -0.15) is 0 Å². The molecule has 2 N–H and O–H groups in total. The second-order valence-electron chi connectivity index (χ2n) is 6.16. The lowest BCUT2D eigenvalue weighted by atomic mass is 10.1. The average molecular weight is 384 g/mol. The van der Waals surface area contributed by atoms with Crippen LogP contribution in [0.3, 0.4) is 0 Å². The third-order valence-electron chi connectivity index (χ3n) is 4.19.